The third kappa shape index (κ3) is 5.11. The van der Waals surface area contributed by atoms with E-state index in [1.54, 1.807) is 12.1 Å². The summed E-state index contributed by atoms with van der Waals surface area (Å²) in [6, 6.07) is 6.14. The van der Waals surface area contributed by atoms with Gasteiger partial charge < -0.3 is 15.4 Å². The Balaban J connectivity index is 1.62. The quantitative estimate of drug-likeness (QED) is 0.675. The molecule has 28 heavy (non-hydrogen) atoms. The third-order valence-corrected chi connectivity index (χ3v) is 7.41. The topological polar surface area (TPSA) is 89.7 Å². The third-order valence-electron chi connectivity index (χ3n) is 5.42. The SMILES string of the molecule is NC/C(=C\F)COc1ccc(S(=O)(=O)CC2(CN3CCCCC3=O)CC2)cc1. The Morgan fingerprint density at radius 2 is 1.96 bits per heavy atom. The van der Waals surface area contributed by atoms with Crippen molar-refractivity contribution in [2.45, 2.75) is 37.0 Å². The highest BCUT2D eigenvalue weighted by molar-refractivity contribution is 7.91. The van der Waals surface area contributed by atoms with E-state index in [1.807, 2.05) is 4.90 Å². The molecule has 3 rings (SSSR count). The molecule has 1 saturated heterocycles. The van der Waals surface area contributed by atoms with E-state index in [0.29, 0.717) is 30.6 Å². The van der Waals surface area contributed by atoms with Gasteiger partial charge in [0.15, 0.2) is 9.84 Å². The van der Waals surface area contributed by atoms with Gasteiger partial charge in [0.2, 0.25) is 5.91 Å². The van der Waals surface area contributed by atoms with Crippen LogP contribution in [0, 0.1) is 5.41 Å². The van der Waals surface area contributed by atoms with Crippen molar-refractivity contribution < 1.29 is 22.3 Å². The minimum absolute atomic E-state index is 0.0199. The van der Waals surface area contributed by atoms with Crippen LogP contribution >= 0.6 is 0 Å². The average Bonchev–Trinajstić information content (AvgIpc) is 3.43. The van der Waals surface area contributed by atoms with Gasteiger partial charge in [0.05, 0.1) is 17.0 Å². The average molecular weight is 411 g/mol. The van der Waals surface area contributed by atoms with Crippen LogP contribution in [-0.2, 0) is 14.6 Å². The van der Waals surface area contributed by atoms with Crippen molar-refractivity contribution in [3.63, 3.8) is 0 Å². The second-order valence-electron chi connectivity index (χ2n) is 7.76. The Labute approximate surface area is 165 Å². The molecule has 2 N–H and O–H groups in total. The number of amides is 1. The summed E-state index contributed by atoms with van der Waals surface area (Å²) >= 11 is 0. The van der Waals surface area contributed by atoms with Crippen molar-refractivity contribution in [2.24, 2.45) is 11.1 Å². The Hall–Kier alpha value is -1.93. The molecule has 0 radical (unpaired) electrons. The van der Waals surface area contributed by atoms with Crippen molar-refractivity contribution in [1.29, 1.82) is 0 Å². The summed E-state index contributed by atoms with van der Waals surface area (Å²) in [5.41, 5.74) is 5.38. The van der Waals surface area contributed by atoms with Gasteiger partial charge in [-0.25, -0.2) is 12.8 Å². The first-order valence-corrected chi connectivity index (χ1v) is 11.2. The molecule has 0 aromatic heterocycles. The Bertz CT molecular complexity index is 832. The van der Waals surface area contributed by atoms with E-state index in [4.69, 9.17) is 10.5 Å². The summed E-state index contributed by atoms with van der Waals surface area (Å²) < 4.78 is 43.6. The predicted octanol–water partition coefficient (Wildman–Crippen LogP) is 2.44. The van der Waals surface area contributed by atoms with Gasteiger partial charge in [0.1, 0.15) is 12.4 Å². The number of hydrogen-bond donors (Lipinski definition) is 1. The summed E-state index contributed by atoms with van der Waals surface area (Å²) in [5, 5.41) is 0. The number of likely N-dealkylation sites (tertiary alicyclic amines) is 1. The molecule has 0 unspecified atom stereocenters. The van der Waals surface area contributed by atoms with Crippen molar-refractivity contribution >= 4 is 15.7 Å². The number of rotatable bonds is 9. The minimum Gasteiger partial charge on any atom is -0.489 e. The highest BCUT2D eigenvalue weighted by Gasteiger charge is 2.48. The number of ether oxygens (including phenoxy) is 1. The van der Waals surface area contributed by atoms with E-state index in [9.17, 15) is 17.6 Å². The molecule has 1 aromatic rings. The number of carbonyl (C=O) groups excluding carboxylic acids is 1. The van der Waals surface area contributed by atoms with Crippen LogP contribution in [0.15, 0.2) is 41.1 Å². The summed E-state index contributed by atoms with van der Waals surface area (Å²) in [5.74, 6) is 0.633. The van der Waals surface area contributed by atoms with E-state index in [0.717, 1.165) is 32.2 Å². The zero-order valence-electron chi connectivity index (χ0n) is 15.9. The normalized spacial score (nSPS) is 19.6. The summed E-state index contributed by atoms with van der Waals surface area (Å²) in [6.45, 7) is 1.34. The van der Waals surface area contributed by atoms with Gasteiger partial charge in [-0.2, -0.15) is 0 Å². The molecule has 1 heterocycles. The largest absolute Gasteiger partial charge is 0.489 e. The van der Waals surface area contributed by atoms with Gasteiger partial charge >= 0.3 is 0 Å². The molecule has 1 aromatic carbocycles. The maximum Gasteiger partial charge on any atom is 0.222 e. The van der Waals surface area contributed by atoms with E-state index in [-0.39, 0.29) is 35.1 Å². The van der Waals surface area contributed by atoms with Crippen LogP contribution < -0.4 is 10.5 Å². The van der Waals surface area contributed by atoms with Gasteiger partial charge in [0, 0.05) is 37.0 Å². The number of carbonyl (C=O) groups is 1. The zero-order valence-corrected chi connectivity index (χ0v) is 16.7. The first-order valence-electron chi connectivity index (χ1n) is 9.59. The smallest absolute Gasteiger partial charge is 0.222 e. The van der Waals surface area contributed by atoms with E-state index < -0.39 is 9.84 Å². The van der Waals surface area contributed by atoms with Gasteiger partial charge in [-0.1, -0.05) is 0 Å². The van der Waals surface area contributed by atoms with E-state index in [1.165, 1.54) is 12.1 Å². The lowest BCUT2D eigenvalue weighted by Gasteiger charge is -2.30. The van der Waals surface area contributed by atoms with Crippen LogP contribution in [-0.4, -0.2) is 51.2 Å². The zero-order chi connectivity index (χ0) is 20.2. The molecule has 1 saturated carbocycles. The van der Waals surface area contributed by atoms with Crippen LogP contribution in [0.4, 0.5) is 4.39 Å². The molecule has 1 aliphatic heterocycles. The maximum atomic E-state index is 12.9. The molecule has 2 fully saturated rings. The number of nitrogens with two attached hydrogens (primary N) is 1. The second kappa shape index (κ2) is 8.61. The number of sulfone groups is 1. The van der Waals surface area contributed by atoms with Crippen LogP contribution in [0.1, 0.15) is 32.1 Å². The van der Waals surface area contributed by atoms with Crippen LogP contribution in [0.5, 0.6) is 5.75 Å². The summed E-state index contributed by atoms with van der Waals surface area (Å²) in [4.78, 5) is 14.1. The number of piperidine rings is 1. The Kier molecular flexibility index (Phi) is 6.40. The van der Waals surface area contributed by atoms with Gasteiger partial charge in [-0.05, 0) is 49.9 Å². The first kappa shape index (κ1) is 20.8. The van der Waals surface area contributed by atoms with Crippen molar-refractivity contribution in [1.82, 2.24) is 4.90 Å². The lowest BCUT2D eigenvalue weighted by Crippen LogP contribution is -2.41. The first-order chi connectivity index (χ1) is 13.4. The molecule has 1 aliphatic carbocycles. The van der Waals surface area contributed by atoms with Gasteiger partial charge in [-0.15, -0.1) is 0 Å². The fourth-order valence-corrected chi connectivity index (χ4v) is 5.40. The molecule has 1 amide bonds. The van der Waals surface area contributed by atoms with Gasteiger partial charge in [-0.3, -0.25) is 4.79 Å². The fraction of sp³-hybridized carbons (Fsp3) is 0.550. The Morgan fingerprint density at radius 3 is 2.54 bits per heavy atom. The molecule has 154 valence electrons. The summed E-state index contributed by atoms with van der Waals surface area (Å²) in [7, 11) is -3.47. The van der Waals surface area contributed by atoms with Crippen molar-refractivity contribution in [3.05, 3.63) is 36.2 Å². The lowest BCUT2D eigenvalue weighted by atomic mass is 10.1. The molecular weight excluding hydrogens is 383 g/mol. The van der Waals surface area contributed by atoms with E-state index in [2.05, 4.69) is 0 Å². The van der Waals surface area contributed by atoms with Crippen molar-refractivity contribution in [2.75, 3.05) is 32.0 Å². The van der Waals surface area contributed by atoms with E-state index >= 15 is 0 Å². The fourth-order valence-electron chi connectivity index (χ4n) is 3.50. The highest BCUT2D eigenvalue weighted by atomic mass is 32.2. The monoisotopic (exact) mass is 410 g/mol. The molecule has 8 heteroatoms. The van der Waals surface area contributed by atoms with Crippen LogP contribution in [0.2, 0.25) is 0 Å². The standard InChI is InChI=1S/C20H27FN2O4S/c21-11-16(12-22)13-27-17-4-6-18(7-5-17)28(25,26)15-20(8-9-20)14-23-10-2-1-3-19(23)24/h4-7,11H,1-3,8-10,12-15,22H2/b16-11+. The maximum absolute atomic E-state index is 12.9. The number of hydrogen-bond acceptors (Lipinski definition) is 5. The molecule has 2 aliphatic rings. The molecule has 0 bridgehead atoms. The van der Waals surface area contributed by atoms with Crippen molar-refractivity contribution in [3.8, 4) is 5.75 Å². The molecule has 0 spiro atoms. The van der Waals surface area contributed by atoms with Gasteiger partial charge in [0.25, 0.3) is 0 Å². The Morgan fingerprint density at radius 1 is 1.25 bits per heavy atom. The number of nitrogens with zero attached hydrogens (tertiary/aromatic N) is 1. The minimum atomic E-state index is -3.47. The second-order valence-corrected chi connectivity index (χ2v) is 9.75. The lowest BCUT2D eigenvalue weighted by molar-refractivity contribution is -0.134. The summed E-state index contributed by atoms with van der Waals surface area (Å²) in [6.07, 6.45) is 4.54. The molecular formula is C20H27FN2O4S. The van der Waals surface area contributed by atoms with Crippen LogP contribution in [0.25, 0.3) is 0 Å². The highest BCUT2D eigenvalue weighted by Crippen LogP contribution is 2.48. The molecule has 6 nitrogen and oxygen atoms in total. The number of benzene rings is 1. The number of halogens is 1. The van der Waals surface area contributed by atoms with Crippen LogP contribution in [0.3, 0.4) is 0 Å². The molecule has 0 atom stereocenters. The predicted molar refractivity (Wildman–Crippen MR) is 104 cm³/mol.